The van der Waals surface area contributed by atoms with Crippen molar-refractivity contribution in [3.8, 4) is 0 Å². The summed E-state index contributed by atoms with van der Waals surface area (Å²) in [5.74, 6) is 0. The number of ether oxygens (including phenoxy) is 1. The first-order valence-corrected chi connectivity index (χ1v) is 7.32. The minimum absolute atomic E-state index is 0.284. The Morgan fingerprint density at radius 1 is 1.14 bits per heavy atom. The molecule has 1 aliphatic heterocycles. The molecule has 0 N–H and O–H groups in total. The summed E-state index contributed by atoms with van der Waals surface area (Å²) in [5.41, 5.74) is 2.06. The first kappa shape index (κ1) is 15.3. The van der Waals surface area contributed by atoms with Crippen LogP contribution < -0.4 is 0 Å². The molecule has 5 heteroatoms. The van der Waals surface area contributed by atoms with E-state index in [1.165, 1.54) is 4.90 Å². The van der Waals surface area contributed by atoms with Gasteiger partial charge in [0.15, 0.2) is 0 Å². The minimum atomic E-state index is -4.26. The van der Waals surface area contributed by atoms with Gasteiger partial charge in [0, 0.05) is 13.1 Å². The Morgan fingerprint density at radius 2 is 1.86 bits per heavy atom. The van der Waals surface area contributed by atoms with Gasteiger partial charge in [-0.15, -0.1) is 0 Å². The van der Waals surface area contributed by atoms with Gasteiger partial charge in [0.2, 0.25) is 0 Å². The SMILES string of the molecule is Cc1ccc(CN2CCOCC2C(F)(F)F)c2ccccc12. The fraction of sp³-hybridized carbons (Fsp3) is 0.412. The van der Waals surface area contributed by atoms with Gasteiger partial charge in [-0.2, -0.15) is 13.2 Å². The molecule has 0 amide bonds. The Hall–Kier alpha value is -1.59. The van der Waals surface area contributed by atoms with E-state index in [-0.39, 0.29) is 13.2 Å². The normalized spacial score (nSPS) is 20.5. The van der Waals surface area contributed by atoms with Crippen LogP contribution in [0.1, 0.15) is 11.1 Å². The molecule has 1 unspecified atom stereocenters. The van der Waals surface area contributed by atoms with E-state index in [4.69, 9.17) is 4.74 Å². The molecule has 0 spiro atoms. The number of hydrogen-bond donors (Lipinski definition) is 0. The van der Waals surface area contributed by atoms with E-state index in [2.05, 4.69) is 0 Å². The van der Waals surface area contributed by atoms with Crippen LogP contribution in [0.3, 0.4) is 0 Å². The lowest BCUT2D eigenvalue weighted by Gasteiger charge is -2.36. The molecule has 2 aromatic carbocycles. The zero-order valence-electron chi connectivity index (χ0n) is 12.4. The highest BCUT2D eigenvalue weighted by molar-refractivity contribution is 5.88. The summed E-state index contributed by atoms with van der Waals surface area (Å²) in [6, 6.07) is 10.2. The molecule has 0 aliphatic carbocycles. The van der Waals surface area contributed by atoms with Crippen molar-refractivity contribution < 1.29 is 17.9 Å². The van der Waals surface area contributed by atoms with Crippen LogP contribution in [0.2, 0.25) is 0 Å². The van der Waals surface area contributed by atoms with Gasteiger partial charge in [0.25, 0.3) is 0 Å². The van der Waals surface area contributed by atoms with Crippen molar-refractivity contribution in [3.63, 3.8) is 0 Å². The molecule has 1 fully saturated rings. The number of nitrogens with zero attached hydrogens (tertiary/aromatic N) is 1. The van der Waals surface area contributed by atoms with Crippen LogP contribution in [0.25, 0.3) is 10.8 Å². The molecule has 0 radical (unpaired) electrons. The molecule has 3 rings (SSSR count). The molecule has 118 valence electrons. The number of benzene rings is 2. The van der Waals surface area contributed by atoms with E-state index in [9.17, 15) is 13.2 Å². The largest absolute Gasteiger partial charge is 0.406 e. The molecule has 2 aromatic rings. The van der Waals surface area contributed by atoms with Gasteiger partial charge in [0.05, 0.1) is 13.2 Å². The number of alkyl halides is 3. The molecule has 1 atom stereocenters. The average Bonchev–Trinajstić information content (AvgIpc) is 2.50. The van der Waals surface area contributed by atoms with Gasteiger partial charge in [0.1, 0.15) is 6.04 Å². The van der Waals surface area contributed by atoms with Gasteiger partial charge >= 0.3 is 6.18 Å². The molecule has 2 nitrogen and oxygen atoms in total. The van der Waals surface area contributed by atoms with Crippen molar-refractivity contribution in [1.82, 2.24) is 4.90 Å². The van der Waals surface area contributed by atoms with Crippen LogP contribution >= 0.6 is 0 Å². The standard InChI is InChI=1S/C17H18F3NO/c1-12-6-7-13(15-5-3-2-4-14(12)15)10-21-8-9-22-11-16(21)17(18,19)20/h2-7,16H,8-11H2,1H3. The molecular weight excluding hydrogens is 291 g/mol. The average molecular weight is 309 g/mol. The summed E-state index contributed by atoms with van der Waals surface area (Å²) < 4.78 is 44.5. The van der Waals surface area contributed by atoms with Crippen molar-refractivity contribution >= 4 is 10.8 Å². The Morgan fingerprint density at radius 3 is 2.59 bits per heavy atom. The fourth-order valence-corrected chi connectivity index (χ4v) is 3.00. The monoisotopic (exact) mass is 309 g/mol. The van der Waals surface area contributed by atoms with Crippen LogP contribution in [-0.4, -0.2) is 36.9 Å². The van der Waals surface area contributed by atoms with Gasteiger partial charge < -0.3 is 4.74 Å². The third kappa shape index (κ3) is 2.96. The molecule has 0 aromatic heterocycles. The van der Waals surface area contributed by atoms with Crippen LogP contribution in [0.4, 0.5) is 13.2 Å². The lowest BCUT2D eigenvalue weighted by atomic mass is 9.99. The number of aryl methyl sites for hydroxylation is 1. The summed E-state index contributed by atoms with van der Waals surface area (Å²) >= 11 is 0. The molecule has 22 heavy (non-hydrogen) atoms. The fourth-order valence-electron chi connectivity index (χ4n) is 3.00. The third-order valence-electron chi connectivity index (χ3n) is 4.22. The summed E-state index contributed by atoms with van der Waals surface area (Å²) in [6.45, 7) is 2.66. The van der Waals surface area contributed by atoms with E-state index in [0.29, 0.717) is 13.2 Å². The lowest BCUT2D eigenvalue weighted by molar-refractivity contribution is -0.213. The second kappa shape index (κ2) is 5.89. The van der Waals surface area contributed by atoms with Crippen LogP contribution in [-0.2, 0) is 11.3 Å². The number of morpholine rings is 1. The van der Waals surface area contributed by atoms with E-state index in [1.54, 1.807) is 0 Å². The number of halogens is 3. The Bertz CT molecular complexity index is 668. The van der Waals surface area contributed by atoms with Crippen molar-refractivity contribution in [2.24, 2.45) is 0 Å². The first-order chi connectivity index (χ1) is 10.5. The number of fused-ring (bicyclic) bond motifs is 1. The second-order valence-corrected chi connectivity index (χ2v) is 5.69. The predicted octanol–water partition coefficient (Wildman–Crippen LogP) is 3.91. The maximum absolute atomic E-state index is 13.2. The zero-order valence-corrected chi connectivity index (χ0v) is 12.4. The molecule has 1 saturated heterocycles. The highest BCUT2D eigenvalue weighted by Crippen LogP contribution is 2.30. The Balaban J connectivity index is 1.93. The van der Waals surface area contributed by atoms with E-state index in [1.807, 2.05) is 43.3 Å². The Kier molecular flexibility index (Phi) is 4.10. The quantitative estimate of drug-likeness (QED) is 0.834. The van der Waals surface area contributed by atoms with Crippen LogP contribution in [0, 0.1) is 6.92 Å². The van der Waals surface area contributed by atoms with E-state index >= 15 is 0 Å². The first-order valence-electron chi connectivity index (χ1n) is 7.32. The number of rotatable bonds is 2. The van der Waals surface area contributed by atoms with Crippen LogP contribution in [0.15, 0.2) is 36.4 Å². The van der Waals surface area contributed by atoms with Crippen molar-refractivity contribution in [1.29, 1.82) is 0 Å². The highest BCUT2D eigenvalue weighted by atomic mass is 19.4. The Labute approximate surface area is 127 Å². The maximum Gasteiger partial charge on any atom is 0.406 e. The predicted molar refractivity (Wildman–Crippen MR) is 79.8 cm³/mol. The maximum atomic E-state index is 13.2. The van der Waals surface area contributed by atoms with Crippen molar-refractivity contribution in [3.05, 3.63) is 47.5 Å². The van der Waals surface area contributed by atoms with Gasteiger partial charge in [-0.1, -0.05) is 36.4 Å². The summed E-state index contributed by atoms with van der Waals surface area (Å²) in [7, 11) is 0. The zero-order chi connectivity index (χ0) is 15.7. The van der Waals surface area contributed by atoms with E-state index in [0.717, 1.165) is 21.9 Å². The molecule has 1 aliphatic rings. The smallest absolute Gasteiger partial charge is 0.378 e. The van der Waals surface area contributed by atoms with Crippen LogP contribution in [0.5, 0.6) is 0 Å². The van der Waals surface area contributed by atoms with Crippen molar-refractivity contribution in [2.45, 2.75) is 25.7 Å². The summed E-state index contributed by atoms with van der Waals surface area (Å²) in [5, 5.41) is 2.12. The number of hydrogen-bond acceptors (Lipinski definition) is 2. The molecule has 0 saturated carbocycles. The topological polar surface area (TPSA) is 12.5 Å². The van der Waals surface area contributed by atoms with Crippen molar-refractivity contribution in [2.75, 3.05) is 19.8 Å². The van der Waals surface area contributed by atoms with Gasteiger partial charge in [-0.3, -0.25) is 4.90 Å². The highest BCUT2D eigenvalue weighted by Gasteiger charge is 2.45. The van der Waals surface area contributed by atoms with Gasteiger partial charge in [-0.25, -0.2) is 0 Å². The third-order valence-corrected chi connectivity index (χ3v) is 4.22. The second-order valence-electron chi connectivity index (χ2n) is 5.69. The summed E-state index contributed by atoms with van der Waals surface area (Å²) in [4.78, 5) is 1.47. The molecule has 1 heterocycles. The van der Waals surface area contributed by atoms with Gasteiger partial charge in [-0.05, 0) is 28.8 Å². The summed E-state index contributed by atoms with van der Waals surface area (Å²) in [6.07, 6.45) is -4.26. The minimum Gasteiger partial charge on any atom is -0.378 e. The molecule has 0 bridgehead atoms. The van der Waals surface area contributed by atoms with E-state index < -0.39 is 12.2 Å². The lowest BCUT2D eigenvalue weighted by Crippen LogP contribution is -2.52. The molecular formula is C17H18F3NO.